The van der Waals surface area contributed by atoms with Crippen molar-refractivity contribution in [3.8, 4) is 11.5 Å². The average Bonchev–Trinajstić information content (AvgIpc) is 2.71. The summed E-state index contributed by atoms with van der Waals surface area (Å²) in [4.78, 5) is 15.0. The number of carbonyl (C=O) groups is 1. The van der Waals surface area contributed by atoms with Crippen LogP contribution in [0.4, 0.5) is 10.5 Å². The van der Waals surface area contributed by atoms with Crippen molar-refractivity contribution in [2.75, 3.05) is 11.9 Å². The number of benzene rings is 3. The average molecular weight is 403 g/mol. The van der Waals surface area contributed by atoms with Crippen LogP contribution in [-0.4, -0.2) is 17.5 Å². The SMILES string of the molecule is Cc1cccc(C)c1NC(=O)N(Cc1cccc(Oc2ccccc2)c1)CC(C)C. The third kappa shape index (κ3) is 5.86. The first kappa shape index (κ1) is 21.4. The van der Waals surface area contributed by atoms with Gasteiger partial charge < -0.3 is 15.0 Å². The number of urea groups is 1. The zero-order valence-corrected chi connectivity index (χ0v) is 18.2. The normalized spacial score (nSPS) is 10.7. The van der Waals surface area contributed by atoms with Crippen LogP contribution in [-0.2, 0) is 6.54 Å². The van der Waals surface area contributed by atoms with Crippen molar-refractivity contribution in [3.05, 3.63) is 89.5 Å². The summed E-state index contributed by atoms with van der Waals surface area (Å²) in [5.41, 5.74) is 4.04. The maximum atomic E-state index is 13.1. The van der Waals surface area contributed by atoms with Crippen LogP contribution < -0.4 is 10.1 Å². The number of nitrogens with zero attached hydrogens (tertiary/aromatic N) is 1. The van der Waals surface area contributed by atoms with E-state index in [9.17, 15) is 4.79 Å². The van der Waals surface area contributed by atoms with Gasteiger partial charge in [-0.05, 0) is 60.7 Å². The molecule has 0 aliphatic carbocycles. The van der Waals surface area contributed by atoms with Crippen LogP contribution in [0.3, 0.4) is 0 Å². The number of anilines is 1. The van der Waals surface area contributed by atoms with Gasteiger partial charge in [0.15, 0.2) is 0 Å². The minimum absolute atomic E-state index is 0.0875. The topological polar surface area (TPSA) is 41.6 Å². The van der Waals surface area contributed by atoms with Crippen molar-refractivity contribution in [2.24, 2.45) is 5.92 Å². The van der Waals surface area contributed by atoms with E-state index < -0.39 is 0 Å². The Morgan fingerprint density at radius 3 is 2.20 bits per heavy atom. The molecule has 156 valence electrons. The Bertz CT molecular complexity index is 963. The lowest BCUT2D eigenvalue weighted by molar-refractivity contribution is 0.201. The van der Waals surface area contributed by atoms with Gasteiger partial charge >= 0.3 is 6.03 Å². The minimum Gasteiger partial charge on any atom is -0.457 e. The summed E-state index contributed by atoms with van der Waals surface area (Å²) in [5, 5.41) is 3.11. The van der Waals surface area contributed by atoms with Crippen molar-refractivity contribution < 1.29 is 9.53 Å². The van der Waals surface area contributed by atoms with Crippen LogP contribution in [0.15, 0.2) is 72.8 Å². The molecule has 0 saturated carbocycles. The lowest BCUT2D eigenvalue weighted by Gasteiger charge is -2.26. The summed E-state index contributed by atoms with van der Waals surface area (Å²) in [6.07, 6.45) is 0. The summed E-state index contributed by atoms with van der Waals surface area (Å²) in [7, 11) is 0. The number of carbonyl (C=O) groups excluding carboxylic acids is 1. The van der Waals surface area contributed by atoms with Gasteiger partial charge in [0.25, 0.3) is 0 Å². The number of amides is 2. The second kappa shape index (κ2) is 9.97. The summed E-state index contributed by atoms with van der Waals surface area (Å²) >= 11 is 0. The molecule has 0 atom stereocenters. The van der Waals surface area contributed by atoms with Gasteiger partial charge in [-0.2, -0.15) is 0 Å². The number of nitrogens with one attached hydrogen (secondary N) is 1. The van der Waals surface area contributed by atoms with Crippen LogP contribution in [0.2, 0.25) is 0 Å². The molecule has 0 spiro atoms. The minimum atomic E-state index is -0.0875. The monoisotopic (exact) mass is 402 g/mol. The van der Waals surface area contributed by atoms with Gasteiger partial charge in [0.05, 0.1) is 0 Å². The van der Waals surface area contributed by atoms with Crippen LogP contribution >= 0.6 is 0 Å². The molecule has 4 nitrogen and oxygen atoms in total. The lowest BCUT2D eigenvalue weighted by Crippen LogP contribution is -2.37. The van der Waals surface area contributed by atoms with E-state index >= 15 is 0 Å². The van der Waals surface area contributed by atoms with Crippen molar-refractivity contribution in [3.63, 3.8) is 0 Å². The molecular weight excluding hydrogens is 372 g/mol. The number of aryl methyl sites for hydroxylation is 2. The second-order valence-corrected chi connectivity index (χ2v) is 8.03. The molecule has 2 amide bonds. The fraction of sp³-hybridized carbons (Fsp3) is 0.269. The molecule has 0 aromatic heterocycles. The highest BCUT2D eigenvalue weighted by atomic mass is 16.5. The van der Waals surface area contributed by atoms with Gasteiger partial charge in [0.1, 0.15) is 11.5 Å². The Balaban J connectivity index is 1.76. The standard InChI is InChI=1S/C26H30N2O2/c1-19(2)17-28(26(29)27-25-20(3)10-8-11-21(25)4)18-22-12-9-15-24(16-22)30-23-13-6-5-7-14-23/h5-16,19H,17-18H2,1-4H3,(H,27,29). The van der Waals surface area contributed by atoms with Gasteiger partial charge in [-0.1, -0.05) is 62.4 Å². The molecule has 0 radical (unpaired) electrons. The fourth-order valence-electron chi connectivity index (χ4n) is 3.41. The maximum absolute atomic E-state index is 13.1. The largest absolute Gasteiger partial charge is 0.457 e. The third-order valence-electron chi connectivity index (χ3n) is 4.84. The zero-order valence-electron chi connectivity index (χ0n) is 18.2. The molecule has 3 rings (SSSR count). The Morgan fingerprint density at radius 1 is 0.900 bits per heavy atom. The van der Waals surface area contributed by atoms with Crippen molar-refractivity contribution >= 4 is 11.7 Å². The Hall–Kier alpha value is -3.27. The molecule has 3 aromatic rings. The number of rotatable bonds is 7. The Morgan fingerprint density at radius 2 is 1.53 bits per heavy atom. The van der Waals surface area contributed by atoms with Crippen LogP contribution in [0.5, 0.6) is 11.5 Å². The molecule has 0 unspecified atom stereocenters. The summed E-state index contributed by atoms with van der Waals surface area (Å²) in [5.74, 6) is 1.91. The predicted octanol–water partition coefficient (Wildman–Crippen LogP) is 6.79. The first-order chi connectivity index (χ1) is 14.4. The number of ether oxygens (including phenoxy) is 1. The van der Waals surface area contributed by atoms with Gasteiger partial charge in [0, 0.05) is 18.8 Å². The highest BCUT2D eigenvalue weighted by Gasteiger charge is 2.17. The Kier molecular flexibility index (Phi) is 7.12. The molecule has 0 aliphatic heterocycles. The molecule has 0 aliphatic rings. The molecule has 30 heavy (non-hydrogen) atoms. The van der Waals surface area contributed by atoms with E-state index in [1.807, 2.05) is 91.5 Å². The van der Waals surface area contributed by atoms with Crippen molar-refractivity contribution in [1.29, 1.82) is 0 Å². The fourth-order valence-corrected chi connectivity index (χ4v) is 3.41. The molecule has 4 heteroatoms. The molecule has 0 saturated heterocycles. The second-order valence-electron chi connectivity index (χ2n) is 8.03. The van der Waals surface area contributed by atoms with Crippen molar-refractivity contribution in [2.45, 2.75) is 34.2 Å². The van der Waals surface area contributed by atoms with E-state index in [0.717, 1.165) is 33.9 Å². The molecule has 1 N–H and O–H groups in total. The molecule has 3 aromatic carbocycles. The van der Waals surface area contributed by atoms with Gasteiger partial charge in [0.2, 0.25) is 0 Å². The van der Waals surface area contributed by atoms with Gasteiger partial charge in [-0.15, -0.1) is 0 Å². The lowest BCUT2D eigenvalue weighted by atomic mass is 10.1. The molecular formula is C26H30N2O2. The quantitative estimate of drug-likeness (QED) is 0.473. The van der Waals surface area contributed by atoms with Gasteiger partial charge in [-0.3, -0.25) is 0 Å². The van der Waals surface area contributed by atoms with Crippen LogP contribution in [0.25, 0.3) is 0 Å². The van der Waals surface area contributed by atoms with E-state index in [1.54, 1.807) is 0 Å². The van der Waals surface area contributed by atoms with E-state index in [1.165, 1.54) is 0 Å². The van der Waals surface area contributed by atoms with Gasteiger partial charge in [-0.25, -0.2) is 4.79 Å². The Labute approximate surface area is 179 Å². The first-order valence-corrected chi connectivity index (χ1v) is 10.4. The molecule has 0 heterocycles. The first-order valence-electron chi connectivity index (χ1n) is 10.4. The number of hydrogen-bond acceptors (Lipinski definition) is 2. The molecule has 0 fully saturated rings. The summed E-state index contributed by atoms with van der Waals surface area (Å²) in [6.45, 7) is 9.45. The zero-order chi connectivity index (χ0) is 21.5. The van der Waals surface area contributed by atoms with Crippen LogP contribution in [0, 0.1) is 19.8 Å². The highest BCUT2D eigenvalue weighted by Crippen LogP contribution is 2.24. The van der Waals surface area contributed by atoms with E-state index in [4.69, 9.17) is 4.74 Å². The summed E-state index contributed by atoms with van der Waals surface area (Å²) in [6, 6.07) is 23.6. The highest BCUT2D eigenvalue weighted by molar-refractivity contribution is 5.91. The third-order valence-corrected chi connectivity index (χ3v) is 4.84. The molecule has 0 bridgehead atoms. The number of para-hydroxylation sites is 2. The van der Waals surface area contributed by atoms with E-state index in [0.29, 0.717) is 19.0 Å². The smallest absolute Gasteiger partial charge is 0.322 e. The maximum Gasteiger partial charge on any atom is 0.322 e. The van der Waals surface area contributed by atoms with E-state index in [-0.39, 0.29) is 6.03 Å². The van der Waals surface area contributed by atoms with E-state index in [2.05, 4.69) is 19.2 Å². The van der Waals surface area contributed by atoms with Crippen molar-refractivity contribution in [1.82, 2.24) is 4.90 Å². The predicted molar refractivity (Wildman–Crippen MR) is 123 cm³/mol. The number of hydrogen-bond donors (Lipinski definition) is 1. The van der Waals surface area contributed by atoms with Crippen LogP contribution in [0.1, 0.15) is 30.5 Å². The summed E-state index contributed by atoms with van der Waals surface area (Å²) < 4.78 is 5.95.